The van der Waals surface area contributed by atoms with E-state index in [1.54, 1.807) is 13.2 Å². The SMILES string of the molecule is CC[C@H](NC(=O)CCC(=O)c1cccs1)c1ccc(OC)cc1. The van der Waals surface area contributed by atoms with Gasteiger partial charge in [0.05, 0.1) is 18.0 Å². The maximum Gasteiger partial charge on any atom is 0.220 e. The van der Waals surface area contributed by atoms with E-state index >= 15 is 0 Å². The molecule has 0 saturated carbocycles. The van der Waals surface area contributed by atoms with Gasteiger partial charge >= 0.3 is 0 Å². The van der Waals surface area contributed by atoms with Crippen LogP contribution in [-0.4, -0.2) is 18.8 Å². The fourth-order valence-corrected chi connectivity index (χ4v) is 3.01. The summed E-state index contributed by atoms with van der Waals surface area (Å²) >= 11 is 1.41. The summed E-state index contributed by atoms with van der Waals surface area (Å²) in [6.45, 7) is 2.02. The molecular formula is C18H21NO3S. The first-order chi connectivity index (χ1) is 11.1. The van der Waals surface area contributed by atoms with Crippen molar-refractivity contribution in [2.24, 2.45) is 0 Å². The Labute approximate surface area is 140 Å². The summed E-state index contributed by atoms with van der Waals surface area (Å²) in [4.78, 5) is 24.7. The third-order valence-corrected chi connectivity index (χ3v) is 4.55. The molecule has 0 fully saturated rings. The molecule has 5 heteroatoms. The molecule has 1 heterocycles. The summed E-state index contributed by atoms with van der Waals surface area (Å²) < 4.78 is 5.14. The standard InChI is InChI=1S/C18H21NO3S/c1-3-15(13-6-8-14(22-2)9-7-13)19-18(21)11-10-16(20)17-5-4-12-23-17/h4-9,12,15H,3,10-11H2,1-2H3,(H,19,21)/t15-/m0/s1. The number of ether oxygens (including phenoxy) is 1. The molecule has 2 aromatic rings. The van der Waals surface area contributed by atoms with Gasteiger partial charge in [-0.1, -0.05) is 25.1 Å². The molecule has 0 radical (unpaired) electrons. The van der Waals surface area contributed by atoms with E-state index in [2.05, 4.69) is 5.32 Å². The van der Waals surface area contributed by atoms with Crippen LogP contribution >= 0.6 is 11.3 Å². The first-order valence-electron chi connectivity index (χ1n) is 7.64. The van der Waals surface area contributed by atoms with Crippen molar-refractivity contribution in [1.29, 1.82) is 0 Å². The Bertz CT molecular complexity index is 635. The lowest BCUT2D eigenvalue weighted by Crippen LogP contribution is -2.28. The van der Waals surface area contributed by atoms with E-state index in [1.807, 2.05) is 42.6 Å². The molecule has 0 bridgehead atoms. The first-order valence-corrected chi connectivity index (χ1v) is 8.52. The molecule has 0 unspecified atom stereocenters. The van der Waals surface area contributed by atoms with E-state index in [4.69, 9.17) is 4.74 Å². The number of nitrogens with one attached hydrogen (secondary N) is 1. The molecule has 1 N–H and O–H groups in total. The summed E-state index contributed by atoms with van der Waals surface area (Å²) in [7, 11) is 1.62. The van der Waals surface area contributed by atoms with Gasteiger partial charge in [-0.05, 0) is 35.6 Å². The first kappa shape index (κ1) is 17.2. The van der Waals surface area contributed by atoms with E-state index in [-0.39, 0.29) is 30.6 Å². The predicted molar refractivity (Wildman–Crippen MR) is 92.1 cm³/mol. The number of thiophene rings is 1. The Morgan fingerprint density at radius 2 is 1.91 bits per heavy atom. The Morgan fingerprint density at radius 3 is 2.48 bits per heavy atom. The largest absolute Gasteiger partial charge is 0.497 e. The second kappa shape index (κ2) is 8.48. The summed E-state index contributed by atoms with van der Waals surface area (Å²) in [5.74, 6) is 0.710. The van der Waals surface area contributed by atoms with Crippen molar-refractivity contribution in [1.82, 2.24) is 5.32 Å². The van der Waals surface area contributed by atoms with Crippen LogP contribution < -0.4 is 10.1 Å². The second-order valence-electron chi connectivity index (χ2n) is 5.20. The number of ketones is 1. The highest BCUT2D eigenvalue weighted by molar-refractivity contribution is 7.12. The maximum atomic E-state index is 12.1. The zero-order chi connectivity index (χ0) is 16.7. The number of methoxy groups -OCH3 is 1. The molecule has 0 aliphatic rings. The van der Waals surface area contributed by atoms with Crippen molar-refractivity contribution in [2.45, 2.75) is 32.2 Å². The Kier molecular flexibility index (Phi) is 6.35. The molecule has 0 spiro atoms. The number of hydrogen-bond acceptors (Lipinski definition) is 4. The van der Waals surface area contributed by atoms with Crippen molar-refractivity contribution in [3.05, 3.63) is 52.2 Å². The van der Waals surface area contributed by atoms with Gasteiger partial charge in [0.1, 0.15) is 5.75 Å². The van der Waals surface area contributed by atoms with E-state index in [1.165, 1.54) is 11.3 Å². The van der Waals surface area contributed by atoms with Gasteiger partial charge in [0.2, 0.25) is 5.91 Å². The van der Waals surface area contributed by atoms with Crippen molar-refractivity contribution in [3.8, 4) is 5.75 Å². The van der Waals surface area contributed by atoms with E-state index in [0.717, 1.165) is 17.7 Å². The quantitative estimate of drug-likeness (QED) is 0.744. The number of benzene rings is 1. The Hall–Kier alpha value is -2.14. The molecule has 1 amide bonds. The van der Waals surface area contributed by atoms with Crippen molar-refractivity contribution >= 4 is 23.0 Å². The van der Waals surface area contributed by atoms with Crippen LogP contribution in [0.25, 0.3) is 0 Å². The molecule has 1 aromatic carbocycles. The zero-order valence-electron chi connectivity index (χ0n) is 13.4. The van der Waals surface area contributed by atoms with Gasteiger partial charge in [-0.2, -0.15) is 0 Å². The average Bonchev–Trinajstić information content (AvgIpc) is 3.12. The van der Waals surface area contributed by atoms with Gasteiger partial charge < -0.3 is 10.1 Å². The molecular weight excluding hydrogens is 310 g/mol. The number of carbonyl (C=O) groups excluding carboxylic acids is 2. The lowest BCUT2D eigenvalue weighted by Gasteiger charge is -2.17. The van der Waals surface area contributed by atoms with E-state index < -0.39 is 0 Å². The molecule has 23 heavy (non-hydrogen) atoms. The molecule has 2 rings (SSSR count). The fourth-order valence-electron chi connectivity index (χ4n) is 2.31. The molecule has 0 aliphatic heterocycles. The minimum Gasteiger partial charge on any atom is -0.497 e. The molecule has 4 nitrogen and oxygen atoms in total. The third kappa shape index (κ3) is 4.93. The highest BCUT2D eigenvalue weighted by Gasteiger charge is 2.15. The molecule has 1 atom stereocenters. The topological polar surface area (TPSA) is 55.4 Å². The number of Topliss-reactive ketones (excluding diaryl/α,β-unsaturated/α-hetero) is 1. The summed E-state index contributed by atoms with van der Waals surface area (Å²) in [5, 5.41) is 4.86. The Morgan fingerprint density at radius 1 is 1.17 bits per heavy atom. The number of rotatable bonds is 8. The number of amides is 1. The van der Waals surface area contributed by atoms with Gasteiger partial charge in [0.15, 0.2) is 5.78 Å². The van der Waals surface area contributed by atoms with Crippen LogP contribution in [0.5, 0.6) is 5.75 Å². The lowest BCUT2D eigenvalue weighted by atomic mass is 10.0. The highest BCUT2D eigenvalue weighted by atomic mass is 32.1. The molecule has 1 aromatic heterocycles. The monoisotopic (exact) mass is 331 g/mol. The average molecular weight is 331 g/mol. The minimum absolute atomic E-state index is 0.0210. The number of carbonyl (C=O) groups is 2. The van der Waals surface area contributed by atoms with Gasteiger partial charge in [-0.25, -0.2) is 0 Å². The van der Waals surface area contributed by atoms with Crippen LogP contribution in [0, 0.1) is 0 Å². The van der Waals surface area contributed by atoms with E-state index in [0.29, 0.717) is 4.88 Å². The minimum atomic E-state index is -0.0995. The third-order valence-electron chi connectivity index (χ3n) is 3.64. The number of hydrogen-bond donors (Lipinski definition) is 1. The molecule has 0 aliphatic carbocycles. The van der Waals surface area contributed by atoms with Gasteiger partial charge in [0, 0.05) is 12.8 Å². The summed E-state index contributed by atoms with van der Waals surface area (Å²) in [6, 6.07) is 11.2. The van der Waals surface area contributed by atoms with Crippen LogP contribution in [-0.2, 0) is 4.79 Å². The predicted octanol–water partition coefficient (Wildman–Crippen LogP) is 3.99. The van der Waals surface area contributed by atoms with Crippen LogP contribution in [0.3, 0.4) is 0 Å². The molecule has 122 valence electrons. The van der Waals surface area contributed by atoms with Crippen molar-refractivity contribution in [3.63, 3.8) is 0 Å². The highest BCUT2D eigenvalue weighted by Crippen LogP contribution is 2.20. The summed E-state index contributed by atoms with van der Waals surface area (Å²) in [5.41, 5.74) is 1.03. The van der Waals surface area contributed by atoms with E-state index in [9.17, 15) is 9.59 Å². The molecule has 0 saturated heterocycles. The van der Waals surface area contributed by atoms with Crippen LogP contribution in [0.4, 0.5) is 0 Å². The van der Waals surface area contributed by atoms with Crippen LogP contribution in [0.2, 0.25) is 0 Å². The van der Waals surface area contributed by atoms with Gasteiger partial charge in [-0.3, -0.25) is 9.59 Å². The van der Waals surface area contributed by atoms with Gasteiger partial charge in [-0.15, -0.1) is 11.3 Å². The fraction of sp³-hybridized carbons (Fsp3) is 0.333. The Balaban J connectivity index is 1.87. The van der Waals surface area contributed by atoms with Gasteiger partial charge in [0.25, 0.3) is 0 Å². The smallest absolute Gasteiger partial charge is 0.220 e. The van der Waals surface area contributed by atoms with Crippen molar-refractivity contribution < 1.29 is 14.3 Å². The van der Waals surface area contributed by atoms with Crippen LogP contribution in [0.1, 0.15) is 47.5 Å². The second-order valence-corrected chi connectivity index (χ2v) is 6.15. The lowest BCUT2D eigenvalue weighted by molar-refractivity contribution is -0.121. The van der Waals surface area contributed by atoms with Crippen LogP contribution in [0.15, 0.2) is 41.8 Å². The normalized spacial score (nSPS) is 11.7. The zero-order valence-corrected chi connectivity index (χ0v) is 14.2. The summed E-state index contributed by atoms with van der Waals surface area (Å²) in [6.07, 6.45) is 1.24. The maximum absolute atomic E-state index is 12.1. The van der Waals surface area contributed by atoms with Crippen molar-refractivity contribution in [2.75, 3.05) is 7.11 Å².